The summed E-state index contributed by atoms with van der Waals surface area (Å²) in [5.74, 6) is 2.91. The van der Waals surface area contributed by atoms with Gasteiger partial charge in [0.25, 0.3) is 0 Å². The number of benzene rings is 2. The molecule has 2 aliphatic heterocycles. The van der Waals surface area contributed by atoms with Gasteiger partial charge in [0, 0.05) is 44.2 Å². The molecular weight excluding hydrogens is 430 g/mol. The van der Waals surface area contributed by atoms with Crippen molar-refractivity contribution in [3.63, 3.8) is 0 Å². The normalized spacial score (nSPS) is 17.5. The second-order valence-electron chi connectivity index (χ2n) is 8.92. The Labute approximate surface area is 203 Å². The molecule has 2 aliphatic rings. The Morgan fingerprint density at radius 2 is 1.59 bits per heavy atom. The number of hydrogen-bond donors (Lipinski definition) is 0. The molecule has 184 valence electrons. The number of carbonyl (C=O) groups is 1. The molecule has 0 N–H and O–H groups in total. The van der Waals surface area contributed by atoms with Crippen molar-refractivity contribution < 1.29 is 19.0 Å². The summed E-state index contributed by atoms with van der Waals surface area (Å²) in [6.45, 7) is 8.50. The summed E-state index contributed by atoms with van der Waals surface area (Å²) in [4.78, 5) is 20.0. The van der Waals surface area contributed by atoms with Gasteiger partial charge in [-0.15, -0.1) is 0 Å². The van der Waals surface area contributed by atoms with Crippen LogP contribution in [0.2, 0.25) is 0 Å². The van der Waals surface area contributed by atoms with Gasteiger partial charge in [-0.05, 0) is 51.1 Å². The van der Waals surface area contributed by atoms with E-state index in [0.29, 0.717) is 12.5 Å². The average Bonchev–Trinajstić information content (AvgIpc) is 2.89. The van der Waals surface area contributed by atoms with E-state index in [9.17, 15) is 4.79 Å². The number of anilines is 1. The minimum Gasteiger partial charge on any atom is -0.493 e. The SMILES string of the molecule is CCOc1ccccc1N1CCN(C(=O)C2CCN(Cc3cccc(OC)c3OC)CC2)CC1. The van der Waals surface area contributed by atoms with E-state index < -0.39 is 0 Å². The molecular formula is C27H37N3O4. The fourth-order valence-corrected chi connectivity index (χ4v) is 5.08. The predicted octanol–water partition coefficient (Wildman–Crippen LogP) is 3.66. The molecule has 2 fully saturated rings. The molecule has 0 aliphatic carbocycles. The number of methoxy groups -OCH3 is 2. The zero-order chi connectivity index (χ0) is 23.9. The largest absolute Gasteiger partial charge is 0.493 e. The van der Waals surface area contributed by atoms with Crippen molar-refractivity contribution in [1.82, 2.24) is 9.80 Å². The summed E-state index contributed by atoms with van der Waals surface area (Å²) in [6.07, 6.45) is 1.80. The topological polar surface area (TPSA) is 54.5 Å². The Morgan fingerprint density at radius 1 is 0.882 bits per heavy atom. The number of nitrogens with zero attached hydrogens (tertiary/aromatic N) is 3. The maximum Gasteiger partial charge on any atom is 0.225 e. The summed E-state index contributed by atoms with van der Waals surface area (Å²) in [6, 6.07) is 14.2. The van der Waals surface area contributed by atoms with E-state index in [-0.39, 0.29) is 5.92 Å². The number of piperidine rings is 1. The molecule has 2 saturated heterocycles. The highest BCUT2D eigenvalue weighted by atomic mass is 16.5. The van der Waals surface area contributed by atoms with E-state index in [1.54, 1.807) is 14.2 Å². The Bertz CT molecular complexity index is 951. The van der Waals surface area contributed by atoms with Crippen LogP contribution in [-0.4, -0.2) is 75.8 Å². The number of carbonyl (C=O) groups excluding carboxylic acids is 1. The Morgan fingerprint density at radius 3 is 2.26 bits per heavy atom. The van der Waals surface area contributed by atoms with Gasteiger partial charge in [0.15, 0.2) is 11.5 Å². The van der Waals surface area contributed by atoms with Gasteiger partial charge >= 0.3 is 0 Å². The lowest BCUT2D eigenvalue weighted by atomic mass is 9.94. The minimum atomic E-state index is 0.116. The van der Waals surface area contributed by atoms with Gasteiger partial charge in [0.1, 0.15) is 5.75 Å². The summed E-state index contributed by atoms with van der Waals surface area (Å²) in [5.41, 5.74) is 2.24. The molecule has 4 rings (SSSR count). The van der Waals surface area contributed by atoms with E-state index in [2.05, 4.69) is 26.8 Å². The van der Waals surface area contributed by atoms with Crippen LogP contribution in [0.15, 0.2) is 42.5 Å². The first-order valence-corrected chi connectivity index (χ1v) is 12.3. The zero-order valence-corrected chi connectivity index (χ0v) is 20.7. The summed E-state index contributed by atoms with van der Waals surface area (Å²) < 4.78 is 16.8. The smallest absolute Gasteiger partial charge is 0.225 e. The molecule has 34 heavy (non-hydrogen) atoms. The monoisotopic (exact) mass is 467 g/mol. The molecule has 0 spiro atoms. The van der Waals surface area contributed by atoms with Gasteiger partial charge in [0.05, 0.1) is 26.5 Å². The highest BCUT2D eigenvalue weighted by molar-refractivity contribution is 5.79. The van der Waals surface area contributed by atoms with Crippen molar-refractivity contribution in [1.29, 1.82) is 0 Å². The van der Waals surface area contributed by atoms with Crippen molar-refractivity contribution in [2.24, 2.45) is 5.92 Å². The number of para-hydroxylation sites is 3. The van der Waals surface area contributed by atoms with Crippen molar-refractivity contribution >= 4 is 11.6 Å². The minimum absolute atomic E-state index is 0.116. The average molecular weight is 468 g/mol. The number of ether oxygens (including phenoxy) is 3. The van der Waals surface area contributed by atoms with Crippen molar-refractivity contribution in [3.05, 3.63) is 48.0 Å². The number of rotatable bonds is 8. The zero-order valence-electron chi connectivity index (χ0n) is 20.7. The number of hydrogen-bond acceptors (Lipinski definition) is 6. The highest BCUT2D eigenvalue weighted by Crippen LogP contribution is 2.33. The Hall–Kier alpha value is -2.93. The molecule has 0 aromatic heterocycles. The number of piperazine rings is 1. The van der Waals surface area contributed by atoms with Gasteiger partial charge in [-0.1, -0.05) is 24.3 Å². The summed E-state index contributed by atoms with van der Waals surface area (Å²) >= 11 is 0. The third-order valence-electron chi connectivity index (χ3n) is 6.91. The van der Waals surface area contributed by atoms with Crippen LogP contribution in [0.1, 0.15) is 25.3 Å². The molecule has 7 nitrogen and oxygen atoms in total. The first-order chi connectivity index (χ1) is 16.6. The van der Waals surface area contributed by atoms with E-state index in [1.165, 1.54) is 0 Å². The van der Waals surface area contributed by atoms with E-state index in [0.717, 1.165) is 87.2 Å². The Balaban J connectivity index is 1.28. The lowest BCUT2D eigenvalue weighted by Gasteiger charge is -2.39. The molecule has 2 aromatic carbocycles. The number of amides is 1. The van der Waals surface area contributed by atoms with Crippen LogP contribution < -0.4 is 19.1 Å². The van der Waals surface area contributed by atoms with Gasteiger partial charge in [0.2, 0.25) is 5.91 Å². The Kier molecular flexibility index (Phi) is 8.16. The second kappa shape index (κ2) is 11.5. The van der Waals surface area contributed by atoms with Crippen LogP contribution in [0.4, 0.5) is 5.69 Å². The van der Waals surface area contributed by atoms with E-state index in [1.807, 2.05) is 37.3 Å². The molecule has 0 bridgehead atoms. The lowest BCUT2D eigenvalue weighted by molar-refractivity contribution is -0.137. The molecule has 0 radical (unpaired) electrons. The molecule has 0 atom stereocenters. The molecule has 2 aromatic rings. The van der Waals surface area contributed by atoms with Crippen LogP contribution in [0.25, 0.3) is 0 Å². The highest BCUT2D eigenvalue weighted by Gasteiger charge is 2.31. The van der Waals surface area contributed by atoms with Crippen molar-refractivity contribution in [3.8, 4) is 17.2 Å². The van der Waals surface area contributed by atoms with E-state index in [4.69, 9.17) is 14.2 Å². The van der Waals surface area contributed by atoms with Crippen LogP contribution in [0.5, 0.6) is 17.2 Å². The second-order valence-corrected chi connectivity index (χ2v) is 8.92. The van der Waals surface area contributed by atoms with Crippen molar-refractivity contribution in [2.45, 2.75) is 26.3 Å². The van der Waals surface area contributed by atoms with Gasteiger partial charge in [-0.3, -0.25) is 9.69 Å². The van der Waals surface area contributed by atoms with Crippen LogP contribution >= 0.6 is 0 Å². The molecule has 2 heterocycles. The fraction of sp³-hybridized carbons (Fsp3) is 0.519. The predicted molar refractivity (Wildman–Crippen MR) is 134 cm³/mol. The fourth-order valence-electron chi connectivity index (χ4n) is 5.08. The maximum absolute atomic E-state index is 13.2. The quantitative estimate of drug-likeness (QED) is 0.591. The van der Waals surface area contributed by atoms with Gasteiger partial charge in [-0.25, -0.2) is 0 Å². The molecule has 7 heteroatoms. The van der Waals surface area contributed by atoms with Crippen LogP contribution in [0, 0.1) is 5.92 Å². The first kappa shape index (κ1) is 24.2. The van der Waals surface area contributed by atoms with Gasteiger partial charge < -0.3 is 24.0 Å². The molecule has 0 saturated carbocycles. The number of likely N-dealkylation sites (tertiary alicyclic amines) is 1. The first-order valence-electron chi connectivity index (χ1n) is 12.3. The maximum atomic E-state index is 13.2. The van der Waals surface area contributed by atoms with Gasteiger partial charge in [-0.2, -0.15) is 0 Å². The molecule has 0 unspecified atom stereocenters. The third kappa shape index (κ3) is 5.41. The summed E-state index contributed by atoms with van der Waals surface area (Å²) in [7, 11) is 3.34. The molecule has 1 amide bonds. The van der Waals surface area contributed by atoms with Crippen LogP contribution in [0.3, 0.4) is 0 Å². The van der Waals surface area contributed by atoms with Crippen molar-refractivity contribution in [2.75, 3.05) is 65.0 Å². The van der Waals surface area contributed by atoms with E-state index >= 15 is 0 Å². The lowest BCUT2D eigenvalue weighted by Crippen LogP contribution is -2.51. The van der Waals surface area contributed by atoms with Crippen LogP contribution in [-0.2, 0) is 11.3 Å². The summed E-state index contributed by atoms with van der Waals surface area (Å²) in [5, 5.41) is 0. The standard InChI is InChI=1S/C27H37N3O4/c1-4-34-24-10-6-5-9-23(24)29-16-18-30(19-17-29)27(31)21-12-14-28(15-13-21)20-22-8-7-11-25(32-2)26(22)33-3/h5-11,21H,4,12-20H2,1-3H3. The third-order valence-corrected chi connectivity index (χ3v) is 6.91.